The van der Waals surface area contributed by atoms with Crippen molar-refractivity contribution in [3.63, 3.8) is 0 Å². The van der Waals surface area contributed by atoms with Gasteiger partial charge in [-0.25, -0.2) is 4.79 Å². The van der Waals surface area contributed by atoms with Crippen molar-refractivity contribution in [2.24, 2.45) is 5.41 Å². The third-order valence-electron chi connectivity index (χ3n) is 5.42. The molecule has 2 fully saturated rings. The maximum Gasteiger partial charge on any atom is 0.410 e. The van der Waals surface area contributed by atoms with Crippen LogP contribution in [0.2, 0.25) is 0 Å². The van der Waals surface area contributed by atoms with Crippen LogP contribution >= 0.6 is 0 Å². The maximum atomic E-state index is 12.6. The molecular weight excluding hydrogens is 352 g/mol. The lowest BCUT2D eigenvalue weighted by molar-refractivity contribution is 0.00583. The predicted octanol–water partition coefficient (Wildman–Crippen LogP) is 3.23. The van der Waals surface area contributed by atoms with Crippen molar-refractivity contribution >= 4 is 17.5 Å². The quantitative estimate of drug-likeness (QED) is 0.752. The molecule has 0 radical (unpaired) electrons. The molecule has 0 bridgehead atoms. The summed E-state index contributed by atoms with van der Waals surface area (Å²) in [5.41, 5.74) is -0.450. The van der Waals surface area contributed by atoms with Gasteiger partial charge in [0.15, 0.2) is 0 Å². The Kier molecular flexibility index (Phi) is 6.59. The predicted molar refractivity (Wildman–Crippen MR) is 104 cm³/mol. The van der Waals surface area contributed by atoms with Crippen LogP contribution in [0.15, 0.2) is 0 Å². The molecular formula is C19H36N2O4S. The van der Waals surface area contributed by atoms with Gasteiger partial charge in [-0.15, -0.1) is 4.72 Å². The van der Waals surface area contributed by atoms with Gasteiger partial charge in [-0.2, -0.15) is 0 Å². The molecule has 1 saturated carbocycles. The molecule has 0 aromatic carbocycles. The molecule has 152 valence electrons. The summed E-state index contributed by atoms with van der Waals surface area (Å²) < 4.78 is 26.9. The summed E-state index contributed by atoms with van der Waals surface area (Å²) >= 11 is -1.11. The smallest absolute Gasteiger partial charge is 0.410 e. The molecule has 1 saturated heterocycles. The van der Waals surface area contributed by atoms with Crippen LogP contribution in [0.3, 0.4) is 0 Å². The van der Waals surface area contributed by atoms with Crippen LogP contribution in [0.4, 0.5) is 4.79 Å². The van der Waals surface area contributed by atoms with E-state index < -0.39 is 17.0 Å². The Morgan fingerprint density at radius 3 is 2.23 bits per heavy atom. The zero-order chi connectivity index (χ0) is 19.8. The first kappa shape index (κ1) is 21.8. The monoisotopic (exact) mass is 388 g/mol. The number of methoxy groups -OCH3 is 1. The van der Waals surface area contributed by atoms with Gasteiger partial charge in [0, 0.05) is 31.6 Å². The second-order valence-electron chi connectivity index (χ2n) is 9.68. The molecule has 1 heterocycles. The molecule has 1 aliphatic heterocycles. The first-order valence-corrected chi connectivity index (χ1v) is 10.7. The second kappa shape index (κ2) is 7.86. The Labute approximate surface area is 161 Å². The molecule has 1 spiro atoms. The van der Waals surface area contributed by atoms with Crippen molar-refractivity contribution in [1.29, 1.82) is 0 Å². The van der Waals surface area contributed by atoms with Crippen molar-refractivity contribution in [3.8, 4) is 0 Å². The highest BCUT2D eigenvalue weighted by Crippen LogP contribution is 2.48. The zero-order valence-corrected chi connectivity index (χ0v) is 18.2. The third kappa shape index (κ3) is 5.27. The Morgan fingerprint density at radius 2 is 1.77 bits per heavy atom. The molecule has 0 aromatic heterocycles. The molecule has 2 aliphatic rings. The lowest BCUT2D eigenvalue weighted by atomic mass is 9.74. The average Bonchev–Trinajstić information content (AvgIpc) is 2.83. The number of likely N-dealkylation sites (tertiary alicyclic amines) is 1. The largest absolute Gasteiger partial charge is 0.598 e. The first-order chi connectivity index (χ1) is 11.9. The Morgan fingerprint density at radius 1 is 1.19 bits per heavy atom. The van der Waals surface area contributed by atoms with Gasteiger partial charge < -0.3 is 18.9 Å². The van der Waals surface area contributed by atoms with E-state index in [0.29, 0.717) is 13.1 Å². The van der Waals surface area contributed by atoms with Crippen molar-refractivity contribution in [3.05, 3.63) is 0 Å². The van der Waals surface area contributed by atoms with Crippen LogP contribution in [-0.2, 0) is 20.8 Å². The zero-order valence-electron chi connectivity index (χ0n) is 17.4. The van der Waals surface area contributed by atoms with Crippen molar-refractivity contribution in [1.82, 2.24) is 9.62 Å². The van der Waals surface area contributed by atoms with Crippen LogP contribution < -0.4 is 4.72 Å². The van der Waals surface area contributed by atoms with Crippen molar-refractivity contribution in [2.45, 2.75) is 89.7 Å². The fourth-order valence-electron chi connectivity index (χ4n) is 3.86. The van der Waals surface area contributed by atoms with Gasteiger partial charge in [0.1, 0.15) is 10.3 Å². The fraction of sp³-hybridized carbons (Fsp3) is 0.947. The summed E-state index contributed by atoms with van der Waals surface area (Å²) in [6.07, 6.45) is 3.51. The summed E-state index contributed by atoms with van der Waals surface area (Å²) in [7, 11) is 1.75. The van der Waals surface area contributed by atoms with Crippen molar-refractivity contribution < 1.29 is 18.8 Å². The Balaban J connectivity index is 2.04. The van der Waals surface area contributed by atoms with Crippen LogP contribution in [0.5, 0.6) is 0 Å². The van der Waals surface area contributed by atoms with Crippen LogP contribution in [0.1, 0.15) is 67.2 Å². The maximum absolute atomic E-state index is 12.6. The summed E-state index contributed by atoms with van der Waals surface area (Å²) in [5.74, 6) is 0. The Bertz CT molecular complexity index is 493. The molecule has 7 heteroatoms. The highest BCUT2D eigenvalue weighted by Gasteiger charge is 2.52. The minimum absolute atomic E-state index is 0.0279. The number of amides is 1. The number of hydrogen-bond acceptors (Lipinski definition) is 5. The summed E-state index contributed by atoms with van der Waals surface area (Å²) in [6, 6.07) is 0.147. The lowest BCUT2D eigenvalue weighted by Gasteiger charge is -2.43. The summed E-state index contributed by atoms with van der Waals surface area (Å²) in [5, 5.41) is 0. The second-order valence-corrected chi connectivity index (χ2v) is 11.7. The number of ether oxygens (including phenoxy) is 2. The lowest BCUT2D eigenvalue weighted by Crippen LogP contribution is -2.54. The van der Waals surface area contributed by atoms with Gasteiger partial charge in [0.25, 0.3) is 0 Å². The van der Waals surface area contributed by atoms with E-state index in [1.807, 2.05) is 41.5 Å². The van der Waals surface area contributed by atoms with Gasteiger partial charge in [-0.3, -0.25) is 0 Å². The van der Waals surface area contributed by atoms with Crippen LogP contribution in [0.25, 0.3) is 0 Å². The number of rotatable bonds is 3. The molecule has 26 heavy (non-hydrogen) atoms. The van der Waals surface area contributed by atoms with Gasteiger partial charge in [0.05, 0.1) is 12.1 Å². The average molecular weight is 389 g/mol. The topological polar surface area (TPSA) is 73.9 Å². The van der Waals surface area contributed by atoms with E-state index in [1.165, 1.54) is 0 Å². The van der Waals surface area contributed by atoms with Gasteiger partial charge in [-0.05, 0) is 72.6 Å². The molecule has 1 N–H and O–H groups in total. The molecule has 3 atom stereocenters. The number of hydrogen-bond donors (Lipinski definition) is 1. The van der Waals surface area contributed by atoms with Gasteiger partial charge in [-0.1, -0.05) is 0 Å². The number of carbonyl (C=O) groups is 1. The third-order valence-corrected chi connectivity index (χ3v) is 7.03. The SMILES string of the molecule is CO[C@H]1C[C@@H](N[S@+]([O-])C(C)(C)C)C2(CCN(C(=O)OC(C)(C)C)CC2)C1. The minimum Gasteiger partial charge on any atom is -0.598 e. The van der Waals surface area contributed by atoms with E-state index in [9.17, 15) is 9.35 Å². The van der Waals surface area contributed by atoms with E-state index in [1.54, 1.807) is 12.0 Å². The van der Waals surface area contributed by atoms with Crippen LogP contribution in [0, 0.1) is 5.41 Å². The molecule has 6 nitrogen and oxygen atoms in total. The van der Waals surface area contributed by atoms with E-state index in [4.69, 9.17) is 9.47 Å². The highest BCUT2D eigenvalue weighted by molar-refractivity contribution is 7.90. The molecule has 2 rings (SSSR count). The number of carbonyl (C=O) groups excluding carboxylic acids is 1. The fourth-order valence-corrected chi connectivity index (χ4v) is 4.82. The summed E-state index contributed by atoms with van der Waals surface area (Å²) in [6.45, 7) is 13.0. The molecule has 0 aromatic rings. The number of nitrogens with one attached hydrogen (secondary N) is 1. The number of piperidine rings is 1. The van der Waals surface area contributed by atoms with Crippen LogP contribution in [-0.4, -0.2) is 58.2 Å². The van der Waals surface area contributed by atoms with E-state index >= 15 is 0 Å². The molecule has 0 unspecified atom stereocenters. The Hall–Kier alpha value is -0.500. The van der Waals surface area contributed by atoms with Crippen molar-refractivity contribution in [2.75, 3.05) is 20.2 Å². The minimum atomic E-state index is -1.11. The van der Waals surface area contributed by atoms with Gasteiger partial charge in [0.2, 0.25) is 0 Å². The highest BCUT2D eigenvalue weighted by atomic mass is 32.2. The van der Waals surface area contributed by atoms with E-state index in [-0.39, 0.29) is 28.4 Å². The normalized spacial score (nSPS) is 27.6. The summed E-state index contributed by atoms with van der Waals surface area (Å²) in [4.78, 5) is 14.1. The molecule has 1 aliphatic carbocycles. The standard InChI is InChI=1S/C19H36N2O4S/c1-17(2,3)25-16(22)21-10-8-19(9-11-21)13-14(24-7)12-15(19)20-26(23)18(4,5)6/h14-15,20H,8-13H2,1-7H3/t14-,15+,26+/m0/s1. The first-order valence-electron chi connectivity index (χ1n) is 9.55. The molecule has 1 amide bonds. The van der Waals surface area contributed by atoms with E-state index in [2.05, 4.69) is 4.72 Å². The number of nitrogens with zero attached hydrogens (tertiary/aromatic N) is 1. The van der Waals surface area contributed by atoms with E-state index in [0.717, 1.165) is 25.7 Å². The van der Waals surface area contributed by atoms with Gasteiger partial charge >= 0.3 is 6.09 Å².